The predicted molar refractivity (Wildman–Crippen MR) is 145 cm³/mol. The van der Waals surface area contributed by atoms with Gasteiger partial charge in [-0.1, -0.05) is 80.2 Å². The minimum absolute atomic E-state index is 0.0544. The van der Waals surface area contributed by atoms with E-state index in [0.29, 0.717) is 12.4 Å². The first-order valence-corrected chi connectivity index (χ1v) is 12.6. The molecule has 0 aliphatic heterocycles. The largest absolute Gasteiger partial charge is 0.493 e. The Balaban J connectivity index is 0. The van der Waals surface area contributed by atoms with E-state index in [2.05, 4.69) is 21.9 Å². The number of hydrogen-bond acceptors (Lipinski definition) is 4. The molecule has 1 aromatic carbocycles. The van der Waals surface area contributed by atoms with Gasteiger partial charge >= 0.3 is 6.09 Å². The molecule has 2 N–H and O–H groups in total. The average molecular weight is 476 g/mol. The lowest BCUT2D eigenvalue weighted by atomic mass is 10.0. The Morgan fingerprint density at radius 2 is 1.68 bits per heavy atom. The van der Waals surface area contributed by atoms with Gasteiger partial charge in [-0.3, -0.25) is 0 Å². The van der Waals surface area contributed by atoms with Gasteiger partial charge in [0.2, 0.25) is 0 Å². The summed E-state index contributed by atoms with van der Waals surface area (Å²) in [5.74, 6) is 1.40. The molecule has 0 radical (unpaired) electrons. The van der Waals surface area contributed by atoms with Gasteiger partial charge < -0.3 is 19.8 Å². The first-order valence-electron chi connectivity index (χ1n) is 12.6. The number of nitrogens with zero attached hydrogens (tertiary/aromatic N) is 1. The van der Waals surface area contributed by atoms with Crippen LogP contribution in [0, 0.1) is 5.92 Å². The van der Waals surface area contributed by atoms with Crippen LogP contribution in [0.15, 0.2) is 36.9 Å². The maximum atomic E-state index is 12.4. The predicted octanol–water partition coefficient (Wildman–Crippen LogP) is 7.97. The molecule has 2 aromatic rings. The van der Waals surface area contributed by atoms with Gasteiger partial charge in [0.05, 0.1) is 18.3 Å². The molecule has 6 heteroatoms. The van der Waals surface area contributed by atoms with E-state index in [1.165, 1.54) is 0 Å². The molecule has 0 bridgehead atoms. The van der Waals surface area contributed by atoms with Crippen LogP contribution in [-0.2, 0) is 11.2 Å². The summed E-state index contributed by atoms with van der Waals surface area (Å²) in [7, 11) is 0. The van der Waals surface area contributed by atoms with Gasteiger partial charge in [0, 0.05) is 11.6 Å². The topological polar surface area (TPSA) is 76.2 Å². The maximum Gasteiger partial charge on any atom is 0.408 e. The van der Waals surface area contributed by atoms with Gasteiger partial charge in [0.15, 0.2) is 0 Å². The lowest BCUT2D eigenvalue weighted by molar-refractivity contribution is 0.0473. The summed E-state index contributed by atoms with van der Waals surface area (Å²) < 4.78 is 11.3. The fraction of sp³-hybridized carbons (Fsp3) is 0.571. The van der Waals surface area contributed by atoms with Gasteiger partial charge in [0.1, 0.15) is 17.2 Å². The van der Waals surface area contributed by atoms with Gasteiger partial charge in [0.25, 0.3) is 0 Å². The van der Waals surface area contributed by atoms with Crippen molar-refractivity contribution < 1.29 is 14.3 Å². The highest BCUT2D eigenvalue weighted by atomic mass is 16.6. The Hall–Kier alpha value is -2.76. The number of rotatable bonds is 8. The Bertz CT molecular complexity index is 780. The lowest BCUT2D eigenvalue weighted by Crippen LogP contribution is -2.39. The number of ether oxygens (including phenoxy) is 2. The van der Waals surface area contributed by atoms with Crippen molar-refractivity contribution in [1.29, 1.82) is 0 Å². The average Bonchev–Trinajstić information content (AvgIpc) is 3.27. The number of amides is 1. The molecule has 34 heavy (non-hydrogen) atoms. The van der Waals surface area contributed by atoms with Gasteiger partial charge in [-0.15, -0.1) is 0 Å². The molecule has 1 aromatic heterocycles. The molecule has 0 spiro atoms. The minimum atomic E-state index is -0.581. The second-order valence-corrected chi connectivity index (χ2v) is 7.77. The summed E-state index contributed by atoms with van der Waals surface area (Å²) in [6.07, 6.45) is 2.02. The molecule has 2 atom stereocenters. The number of benzene rings is 1. The van der Waals surface area contributed by atoms with Crippen molar-refractivity contribution in [2.75, 3.05) is 6.61 Å². The minimum Gasteiger partial charge on any atom is -0.493 e. The van der Waals surface area contributed by atoms with Crippen molar-refractivity contribution in [3.05, 3.63) is 54.1 Å². The van der Waals surface area contributed by atoms with Crippen LogP contribution in [0.5, 0.6) is 5.75 Å². The first-order chi connectivity index (χ1) is 16.2. The standard InChI is InChI=1S/C22H31N3O3.3C2H6/c1-7-17-18(8-2)24-20(23-17)19(25-21(26)28-22(4,5)6)15(3)14-27-16-12-10-9-11-13-16;3*1-2/h7,9-13,15,19H,1,8,14H2,2-6H3,(H,23,24)(H,25,26);3*1-2H3. The van der Waals surface area contributed by atoms with Crippen LogP contribution < -0.4 is 10.1 Å². The van der Waals surface area contributed by atoms with Gasteiger partial charge in [-0.25, -0.2) is 9.78 Å². The molecule has 1 amide bonds. The van der Waals surface area contributed by atoms with E-state index in [0.717, 1.165) is 23.6 Å². The van der Waals surface area contributed by atoms with E-state index in [4.69, 9.17) is 9.47 Å². The summed E-state index contributed by atoms with van der Waals surface area (Å²) >= 11 is 0. The van der Waals surface area contributed by atoms with E-state index in [9.17, 15) is 4.79 Å². The van der Waals surface area contributed by atoms with E-state index in [1.807, 2.05) is 106 Å². The molecule has 2 rings (SSSR count). The normalized spacial score (nSPS) is 11.6. The van der Waals surface area contributed by atoms with Crippen molar-refractivity contribution in [2.45, 2.75) is 94.2 Å². The SMILES string of the molecule is C=Cc1nc(C(NC(=O)OC(C)(C)C)C(C)COc2ccccc2)[nH]c1CC.CC.CC.CC. The number of hydrogen-bond donors (Lipinski definition) is 2. The summed E-state index contributed by atoms with van der Waals surface area (Å²) in [6, 6.07) is 9.20. The third kappa shape index (κ3) is 12.5. The number of alkyl carbamates (subject to hydrolysis) is 1. The summed E-state index contributed by atoms with van der Waals surface area (Å²) in [4.78, 5) is 20.4. The van der Waals surface area contributed by atoms with Crippen LogP contribution in [0.4, 0.5) is 4.79 Å². The number of H-pyrrole nitrogens is 1. The number of aromatic amines is 1. The third-order valence-corrected chi connectivity index (χ3v) is 4.17. The molecular formula is C28H49N3O3. The molecule has 2 unspecified atom stereocenters. The van der Waals surface area contributed by atoms with E-state index >= 15 is 0 Å². The Morgan fingerprint density at radius 3 is 2.12 bits per heavy atom. The van der Waals surface area contributed by atoms with E-state index in [-0.39, 0.29) is 5.92 Å². The molecule has 0 aliphatic rings. The van der Waals surface area contributed by atoms with Crippen molar-refractivity contribution in [3.63, 3.8) is 0 Å². The van der Waals surface area contributed by atoms with Gasteiger partial charge in [-0.2, -0.15) is 0 Å². The van der Waals surface area contributed by atoms with Crippen LogP contribution in [0.25, 0.3) is 6.08 Å². The van der Waals surface area contributed by atoms with Crippen molar-refractivity contribution >= 4 is 12.2 Å². The smallest absolute Gasteiger partial charge is 0.408 e. The van der Waals surface area contributed by atoms with Gasteiger partial charge in [-0.05, 0) is 45.4 Å². The highest BCUT2D eigenvalue weighted by Crippen LogP contribution is 2.24. The molecule has 0 saturated heterocycles. The summed E-state index contributed by atoms with van der Waals surface area (Å²) in [6.45, 7) is 25.8. The Kier molecular flexibility index (Phi) is 18.3. The monoisotopic (exact) mass is 475 g/mol. The number of aromatic nitrogens is 2. The quantitative estimate of drug-likeness (QED) is 0.406. The molecule has 1 heterocycles. The second kappa shape index (κ2) is 18.6. The number of nitrogens with one attached hydrogen (secondary N) is 2. The fourth-order valence-electron chi connectivity index (χ4n) is 2.78. The number of aryl methyl sites for hydroxylation is 1. The molecule has 6 nitrogen and oxygen atoms in total. The summed E-state index contributed by atoms with van der Waals surface area (Å²) in [5.41, 5.74) is 1.20. The molecular weight excluding hydrogens is 426 g/mol. The summed E-state index contributed by atoms with van der Waals surface area (Å²) in [5, 5.41) is 2.95. The Labute approximate surface area is 208 Å². The number of carbonyl (C=O) groups excluding carboxylic acids is 1. The zero-order valence-corrected chi connectivity index (χ0v) is 23.4. The van der Waals surface area contributed by atoms with Crippen LogP contribution >= 0.6 is 0 Å². The zero-order chi connectivity index (χ0) is 26.7. The Morgan fingerprint density at radius 1 is 1.12 bits per heavy atom. The third-order valence-electron chi connectivity index (χ3n) is 4.17. The second-order valence-electron chi connectivity index (χ2n) is 7.77. The van der Waals surface area contributed by atoms with Crippen molar-refractivity contribution in [3.8, 4) is 5.75 Å². The highest BCUT2D eigenvalue weighted by Gasteiger charge is 2.28. The lowest BCUT2D eigenvalue weighted by Gasteiger charge is -2.26. The van der Waals surface area contributed by atoms with E-state index < -0.39 is 17.7 Å². The van der Waals surface area contributed by atoms with Crippen LogP contribution in [-0.4, -0.2) is 28.3 Å². The molecule has 0 fully saturated rings. The maximum absolute atomic E-state index is 12.4. The first kappa shape index (κ1) is 33.4. The van der Waals surface area contributed by atoms with Crippen LogP contribution in [0.3, 0.4) is 0 Å². The number of carbonyl (C=O) groups is 1. The molecule has 194 valence electrons. The van der Waals surface area contributed by atoms with Crippen LogP contribution in [0.1, 0.15) is 99.4 Å². The van der Waals surface area contributed by atoms with Crippen molar-refractivity contribution in [2.24, 2.45) is 5.92 Å². The van der Waals surface area contributed by atoms with E-state index in [1.54, 1.807) is 6.08 Å². The molecule has 0 saturated carbocycles. The number of para-hydroxylation sites is 1. The van der Waals surface area contributed by atoms with Crippen molar-refractivity contribution in [1.82, 2.24) is 15.3 Å². The fourth-order valence-corrected chi connectivity index (χ4v) is 2.78. The highest BCUT2D eigenvalue weighted by molar-refractivity contribution is 5.68. The number of imidazole rings is 1. The van der Waals surface area contributed by atoms with Crippen LogP contribution in [0.2, 0.25) is 0 Å². The zero-order valence-electron chi connectivity index (χ0n) is 23.4. The molecule has 0 aliphatic carbocycles.